The molecule has 2 rings (SSSR count). The maximum absolute atomic E-state index is 3.42. The number of hydrogen-bond acceptors (Lipinski definition) is 2. The second-order valence-corrected chi connectivity index (χ2v) is 5.31. The fraction of sp³-hybridized carbons (Fsp3) is 0.538. The number of hydrogen-bond donors (Lipinski definition) is 1. The van der Waals surface area contributed by atoms with Crippen molar-refractivity contribution < 1.29 is 0 Å². The minimum absolute atomic E-state index is 0. The van der Waals surface area contributed by atoms with Crippen LogP contribution in [0.4, 0.5) is 0 Å². The molecular weight excluding hydrogens is 238 g/mol. The van der Waals surface area contributed by atoms with Crippen molar-refractivity contribution in [2.45, 2.75) is 24.2 Å². The van der Waals surface area contributed by atoms with E-state index in [9.17, 15) is 0 Å². The highest BCUT2D eigenvalue weighted by Gasteiger charge is 2.12. The minimum Gasteiger partial charge on any atom is -0.317 e. The average molecular weight is 258 g/mol. The Labute approximate surface area is 109 Å². The monoisotopic (exact) mass is 257 g/mol. The van der Waals surface area contributed by atoms with E-state index in [1.54, 1.807) is 0 Å². The first-order chi connectivity index (χ1) is 7.45. The maximum Gasteiger partial charge on any atom is 0.00719 e. The Morgan fingerprint density at radius 1 is 1.12 bits per heavy atom. The molecule has 0 unspecified atom stereocenters. The van der Waals surface area contributed by atoms with Crippen molar-refractivity contribution in [2.24, 2.45) is 5.92 Å². The van der Waals surface area contributed by atoms with Crippen molar-refractivity contribution in [1.82, 2.24) is 5.32 Å². The van der Waals surface area contributed by atoms with Gasteiger partial charge in [0, 0.05) is 4.90 Å². The second kappa shape index (κ2) is 7.99. The zero-order chi connectivity index (χ0) is 10.3. The molecule has 0 aromatic heterocycles. The zero-order valence-electron chi connectivity index (χ0n) is 9.52. The molecule has 1 aliphatic rings. The van der Waals surface area contributed by atoms with E-state index in [1.165, 1.54) is 43.0 Å². The molecule has 0 bridgehead atoms. The highest BCUT2D eigenvalue weighted by atomic mass is 35.5. The minimum atomic E-state index is 0. The highest BCUT2D eigenvalue weighted by molar-refractivity contribution is 7.99. The number of rotatable bonds is 4. The van der Waals surface area contributed by atoms with E-state index in [4.69, 9.17) is 0 Å². The topological polar surface area (TPSA) is 12.0 Å². The standard InChI is InChI=1S/C13H19NS.ClH/c1-2-4-13(5-3-1)15-11-8-12-6-9-14-10-7-12;/h1-5,12,14H,6-11H2;1H. The summed E-state index contributed by atoms with van der Waals surface area (Å²) in [6.45, 7) is 2.45. The van der Waals surface area contributed by atoms with E-state index < -0.39 is 0 Å². The molecule has 0 radical (unpaired) electrons. The summed E-state index contributed by atoms with van der Waals surface area (Å²) in [6, 6.07) is 10.7. The third-order valence-electron chi connectivity index (χ3n) is 3.00. The molecule has 1 aromatic rings. The number of thioether (sulfide) groups is 1. The normalized spacial score (nSPS) is 16.8. The quantitative estimate of drug-likeness (QED) is 0.828. The van der Waals surface area contributed by atoms with Crippen molar-refractivity contribution in [3.8, 4) is 0 Å². The fourth-order valence-electron chi connectivity index (χ4n) is 2.03. The van der Waals surface area contributed by atoms with Gasteiger partial charge in [-0.3, -0.25) is 0 Å². The number of piperidine rings is 1. The summed E-state index contributed by atoms with van der Waals surface area (Å²) in [4.78, 5) is 1.41. The van der Waals surface area contributed by atoms with Gasteiger partial charge in [-0.15, -0.1) is 24.2 Å². The van der Waals surface area contributed by atoms with Crippen LogP contribution in [0.3, 0.4) is 0 Å². The number of halogens is 1. The van der Waals surface area contributed by atoms with Crippen LogP contribution < -0.4 is 5.32 Å². The molecule has 0 saturated carbocycles. The van der Waals surface area contributed by atoms with Crippen molar-refractivity contribution in [2.75, 3.05) is 18.8 Å². The molecule has 1 aromatic carbocycles. The molecule has 0 aliphatic carbocycles. The lowest BCUT2D eigenvalue weighted by molar-refractivity contribution is 0.367. The van der Waals surface area contributed by atoms with E-state index in [0.717, 1.165) is 5.92 Å². The first kappa shape index (κ1) is 13.9. The summed E-state index contributed by atoms with van der Waals surface area (Å²) in [5.41, 5.74) is 0. The van der Waals surface area contributed by atoms with E-state index in [2.05, 4.69) is 35.6 Å². The third-order valence-corrected chi connectivity index (χ3v) is 4.04. The predicted octanol–water partition coefficient (Wildman–Crippen LogP) is 3.59. The van der Waals surface area contributed by atoms with Crippen molar-refractivity contribution in [1.29, 1.82) is 0 Å². The first-order valence-corrected chi connectivity index (χ1v) is 6.82. The van der Waals surface area contributed by atoms with Gasteiger partial charge in [-0.05, 0) is 56.2 Å². The van der Waals surface area contributed by atoms with Gasteiger partial charge < -0.3 is 5.32 Å². The van der Waals surface area contributed by atoms with Crippen LogP contribution in [0.25, 0.3) is 0 Å². The highest BCUT2D eigenvalue weighted by Crippen LogP contribution is 2.23. The van der Waals surface area contributed by atoms with Crippen molar-refractivity contribution in [3.63, 3.8) is 0 Å². The van der Waals surface area contributed by atoms with Crippen LogP contribution in [-0.2, 0) is 0 Å². The summed E-state index contributed by atoms with van der Waals surface area (Å²) in [6.07, 6.45) is 4.12. The van der Waals surface area contributed by atoms with Gasteiger partial charge in [-0.25, -0.2) is 0 Å². The predicted molar refractivity (Wildman–Crippen MR) is 74.6 cm³/mol. The van der Waals surface area contributed by atoms with Gasteiger partial charge in [0.1, 0.15) is 0 Å². The third kappa shape index (κ3) is 4.77. The van der Waals surface area contributed by atoms with Gasteiger partial charge >= 0.3 is 0 Å². The van der Waals surface area contributed by atoms with Gasteiger partial charge in [0.25, 0.3) is 0 Å². The number of nitrogens with one attached hydrogen (secondary N) is 1. The van der Waals surface area contributed by atoms with Gasteiger partial charge in [0.05, 0.1) is 0 Å². The van der Waals surface area contributed by atoms with E-state index in [1.807, 2.05) is 11.8 Å². The smallest absolute Gasteiger partial charge is 0.00719 e. The summed E-state index contributed by atoms with van der Waals surface area (Å²) in [5, 5.41) is 3.42. The molecule has 0 spiro atoms. The van der Waals surface area contributed by atoms with Crippen LogP contribution in [0.15, 0.2) is 35.2 Å². The largest absolute Gasteiger partial charge is 0.317 e. The lowest BCUT2D eigenvalue weighted by Gasteiger charge is -2.22. The molecule has 16 heavy (non-hydrogen) atoms. The first-order valence-electron chi connectivity index (χ1n) is 5.84. The molecule has 0 atom stereocenters. The molecular formula is C13H20ClNS. The fourth-order valence-corrected chi connectivity index (χ4v) is 3.07. The molecule has 1 heterocycles. The van der Waals surface area contributed by atoms with Gasteiger partial charge in [0.2, 0.25) is 0 Å². The van der Waals surface area contributed by atoms with Gasteiger partial charge in [-0.2, -0.15) is 0 Å². The lowest BCUT2D eigenvalue weighted by atomic mass is 9.96. The zero-order valence-corrected chi connectivity index (χ0v) is 11.2. The molecule has 1 N–H and O–H groups in total. The van der Waals surface area contributed by atoms with E-state index in [-0.39, 0.29) is 12.4 Å². The Hall–Kier alpha value is -0.180. The Morgan fingerprint density at radius 3 is 2.50 bits per heavy atom. The van der Waals surface area contributed by atoms with Crippen LogP contribution >= 0.6 is 24.2 Å². The van der Waals surface area contributed by atoms with Crippen LogP contribution in [0, 0.1) is 5.92 Å². The Bertz CT molecular complexity index is 273. The summed E-state index contributed by atoms with van der Waals surface area (Å²) in [5.74, 6) is 2.23. The number of benzene rings is 1. The van der Waals surface area contributed by atoms with Crippen molar-refractivity contribution >= 4 is 24.2 Å². The van der Waals surface area contributed by atoms with Crippen molar-refractivity contribution in [3.05, 3.63) is 30.3 Å². The van der Waals surface area contributed by atoms with E-state index >= 15 is 0 Å². The van der Waals surface area contributed by atoms with Gasteiger partial charge in [0.15, 0.2) is 0 Å². The molecule has 1 saturated heterocycles. The molecule has 0 amide bonds. The Morgan fingerprint density at radius 2 is 1.81 bits per heavy atom. The summed E-state index contributed by atoms with van der Waals surface area (Å²) < 4.78 is 0. The summed E-state index contributed by atoms with van der Waals surface area (Å²) >= 11 is 1.99. The van der Waals surface area contributed by atoms with Gasteiger partial charge in [-0.1, -0.05) is 18.2 Å². The molecule has 3 heteroatoms. The SMILES string of the molecule is Cl.c1ccc(SCCC2CCNCC2)cc1. The Balaban J connectivity index is 0.00000128. The van der Waals surface area contributed by atoms with Crippen LogP contribution in [0.5, 0.6) is 0 Å². The maximum atomic E-state index is 3.42. The van der Waals surface area contributed by atoms with Crippen LogP contribution in [0.1, 0.15) is 19.3 Å². The average Bonchev–Trinajstić information content (AvgIpc) is 2.32. The molecule has 1 nitrogen and oxygen atoms in total. The van der Waals surface area contributed by atoms with Crippen LogP contribution in [-0.4, -0.2) is 18.8 Å². The molecule has 1 fully saturated rings. The van der Waals surface area contributed by atoms with E-state index in [0.29, 0.717) is 0 Å². The van der Waals surface area contributed by atoms with Crippen LogP contribution in [0.2, 0.25) is 0 Å². The lowest BCUT2D eigenvalue weighted by Crippen LogP contribution is -2.27. The second-order valence-electron chi connectivity index (χ2n) is 4.14. The Kier molecular flexibility index (Phi) is 6.93. The summed E-state index contributed by atoms with van der Waals surface area (Å²) in [7, 11) is 0. The molecule has 90 valence electrons. The molecule has 1 aliphatic heterocycles.